The van der Waals surface area contributed by atoms with Gasteiger partial charge in [0.05, 0.1) is 13.0 Å². The highest BCUT2D eigenvalue weighted by Crippen LogP contribution is 2.26. The molecule has 2 aromatic carbocycles. The molecular formula is C21H22N2O2. The summed E-state index contributed by atoms with van der Waals surface area (Å²) in [5.74, 6) is 1.36. The number of carbonyl (C=O) groups excluding carboxylic acids is 1. The third-order valence-electron chi connectivity index (χ3n) is 4.91. The summed E-state index contributed by atoms with van der Waals surface area (Å²) in [5.41, 5.74) is 4.45. The van der Waals surface area contributed by atoms with Gasteiger partial charge in [-0.1, -0.05) is 36.4 Å². The number of amides is 1. The maximum atomic E-state index is 12.4. The molecule has 0 bridgehead atoms. The van der Waals surface area contributed by atoms with Crippen molar-refractivity contribution in [1.82, 2.24) is 10.3 Å². The second-order valence-electron chi connectivity index (χ2n) is 6.74. The van der Waals surface area contributed by atoms with Crippen LogP contribution in [0.15, 0.2) is 48.5 Å². The molecule has 4 rings (SSSR count). The molecule has 1 aliphatic heterocycles. The van der Waals surface area contributed by atoms with E-state index < -0.39 is 0 Å². The van der Waals surface area contributed by atoms with E-state index in [9.17, 15) is 4.79 Å². The molecule has 0 aliphatic carbocycles. The normalized spacial score (nSPS) is 16.3. The first-order chi connectivity index (χ1) is 12.2. The molecule has 2 N–H and O–H groups in total. The Hall–Kier alpha value is -2.75. The Morgan fingerprint density at radius 1 is 1.20 bits per heavy atom. The molecule has 0 fully saturated rings. The van der Waals surface area contributed by atoms with E-state index >= 15 is 0 Å². The summed E-state index contributed by atoms with van der Waals surface area (Å²) in [6, 6.07) is 16.2. The van der Waals surface area contributed by atoms with Gasteiger partial charge in [0, 0.05) is 29.1 Å². The number of hydrogen-bond acceptors (Lipinski definition) is 2. The maximum Gasteiger partial charge on any atom is 0.224 e. The number of aromatic amines is 1. The second-order valence-corrected chi connectivity index (χ2v) is 6.74. The number of fused-ring (bicyclic) bond motifs is 2. The molecule has 25 heavy (non-hydrogen) atoms. The molecule has 1 atom stereocenters. The van der Waals surface area contributed by atoms with Crippen LogP contribution < -0.4 is 10.1 Å². The third-order valence-corrected chi connectivity index (χ3v) is 4.91. The van der Waals surface area contributed by atoms with Crippen molar-refractivity contribution < 1.29 is 9.53 Å². The first-order valence-electron chi connectivity index (χ1n) is 8.74. The summed E-state index contributed by atoms with van der Waals surface area (Å²) >= 11 is 0. The van der Waals surface area contributed by atoms with Gasteiger partial charge in [-0.05, 0) is 36.6 Å². The average Bonchev–Trinajstić information content (AvgIpc) is 2.95. The minimum Gasteiger partial charge on any atom is -0.493 e. The largest absolute Gasteiger partial charge is 0.493 e. The van der Waals surface area contributed by atoms with E-state index in [2.05, 4.69) is 22.4 Å². The number of rotatable bonds is 4. The van der Waals surface area contributed by atoms with Crippen molar-refractivity contribution in [3.8, 4) is 5.75 Å². The first kappa shape index (κ1) is 15.8. The SMILES string of the molecule is Cc1[nH]c2ccccc2c1CC(=O)NCC1COc2ccccc2C1. The highest BCUT2D eigenvalue weighted by atomic mass is 16.5. The van der Waals surface area contributed by atoms with E-state index in [0.717, 1.165) is 34.3 Å². The molecule has 0 saturated carbocycles. The summed E-state index contributed by atoms with van der Waals surface area (Å²) in [6.45, 7) is 3.33. The minimum absolute atomic E-state index is 0.0618. The molecule has 3 aromatic rings. The molecule has 4 heteroatoms. The Labute approximate surface area is 147 Å². The van der Waals surface area contributed by atoms with Gasteiger partial charge in [-0.2, -0.15) is 0 Å². The van der Waals surface area contributed by atoms with Crippen LogP contribution >= 0.6 is 0 Å². The van der Waals surface area contributed by atoms with Gasteiger partial charge in [0.2, 0.25) is 5.91 Å². The van der Waals surface area contributed by atoms with E-state index in [1.165, 1.54) is 5.56 Å². The van der Waals surface area contributed by atoms with Crippen molar-refractivity contribution in [1.29, 1.82) is 0 Å². The van der Waals surface area contributed by atoms with Crippen LogP contribution in [0.1, 0.15) is 16.8 Å². The zero-order valence-corrected chi connectivity index (χ0v) is 14.3. The average molecular weight is 334 g/mol. The molecule has 0 radical (unpaired) electrons. The van der Waals surface area contributed by atoms with E-state index in [-0.39, 0.29) is 5.91 Å². The molecular weight excluding hydrogens is 312 g/mol. The van der Waals surface area contributed by atoms with E-state index in [0.29, 0.717) is 25.5 Å². The number of H-pyrrole nitrogens is 1. The number of carbonyl (C=O) groups is 1. The molecule has 1 unspecified atom stereocenters. The van der Waals surface area contributed by atoms with Crippen LogP contribution in [0.2, 0.25) is 0 Å². The van der Waals surface area contributed by atoms with Crippen molar-refractivity contribution in [2.75, 3.05) is 13.2 Å². The van der Waals surface area contributed by atoms with Gasteiger partial charge in [0.1, 0.15) is 5.75 Å². The minimum atomic E-state index is 0.0618. The Balaban J connectivity index is 1.38. The predicted molar refractivity (Wildman–Crippen MR) is 98.9 cm³/mol. The molecule has 1 aliphatic rings. The van der Waals surface area contributed by atoms with Gasteiger partial charge in [-0.15, -0.1) is 0 Å². The summed E-state index contributed by atoms with van der Waals surface area (Å²) in [6.07, 6.45) is 1.35. The van der Waals surface area contributed by atoms with Gasteiger partial charge in [-0.3, -0.25) is 4.79 Å². The quantitative estimate of drug-likeness (QED) is 0.768. The van der Waals surface area contributed by atoms with Gasteiger partial charge < -0.3 is 15.0 Å². The zero-order chi connectivity index (χ0) is 17.2. The third kappa shape index (κ3) is 3.25. The van der Waals surface area contributed by atoms with Gasteiger partial charge in [0.25, 0.3) is 0 Å². The maximum absolute atomic E-state index is 12.4. The van der Waals surface area contributed by atoms with Crippen LogP contribution in [0.25, 0.3) is 10.9 Å². The fourth-order valence-electron chi connectivity index (χ4n) is 3.57. The number of ether oxygens (including phenoxy) is 1. The summed E-state index contributed by atoms with van der Waals surface area (Å²) in [4.78, 5) is 15.8. The smallest absolute Gasteiger partial charge is 0.224 e. The molecule has 0 spiro atoms. The standard InChI is InChI=1S/C21H22N2O2/c1-14-18(17-7-3-4-8-19(17)23-14)11-21(24)22-12-15-10-16-6-2-5-9-20(16)25-13-15/h2-9,15,23H,10-13H2,1H3,(H,22,24). The van der Waals surface area contributed by atoms with Crippen molar-refractivity contribution in [2.45, 2.75) is 19.8 Å². The second kappa shape index (κ2) is 6.63. The number of aromatic nitrogens is 1. The lowest BCUT2D eigenvalue weighted by Gasteiger charge is -2.25. The van der Waals surface area contributed by atoms with E-state index in [1.807, 2.05) is 43.3 Å². The molecule has 0 saturated heterocycles. The Bertz CT molecular complexity index is 913. The Kier molecular flexibility index (Phi) is 4.18. The van der Waals surface area contributed by atoms with Crippen molar-refractivity contribution in [2.24, 2.45) is 5.92 Å². The number of para-hydroxylation sites is 2. The van der Waals surface area contributed by atoms with E-state index in [1.54, 1.807) is 0 Å². The lowest BCUT2D eigenvalue weighted by molar-refractivity contribution is -0.120. The number of aryl methyl sites for hydroxylation is 1. The molecule has 4 nitrogen and oxygen atoms in total. The molecule has 1 amide bonds. The van der Waals surface area contributed by atoms with Crippen LogP contribution in [0.4, 0.5) is 0 Å². The van der Waals surface area contributed by atoms with Gasteiger partial charge in [0.15, 0.2) is 0 Å². The molecule has 128 valence electrons. The molecule has 2 heterocycles. The molecule has 1 aromatic heterocycles. The lowest BCUT2D eigenvalue weighted by Crippen LogP contribution is -2.35. The van der Waals surface area contributed by atoms with Crippen LogP contribution in [-0.2, 0) is 17.6 Å². The van der Waals surface area contributed by atoms with Crippen LogP contribution in [0.5, 0.6) is 5.75 Å². The van der Waals surface area contributed by atoms with Crippen LogP contribution in [-0.4, -0.2) is 24.0 Å². The predicted octanol–water partition coefficient (Wildman–Crippen LogP) is 3.39. The Morgan fingerprint density at radius 3 is 2.92 bits per heavy atom. The van der Waals surface area contributed by atoms with Crippen molar-refractivity contribution in [3.63, 3.8) is 0 Å². The van der Waals surface area contributed by atoms with Gasteiger partial charge in [-0.25, -0.2) is 0 Å². The summed E-state index contributed by atoms with van der Waals surface area (Å²) in [5, 5.41) is 4.21. The summed E-state index contributed by atoms with van der Waals surface area (Å²) in [7, 11) is 0. The Morgan fingerprint density at radius 2 is 2.00 bits per heavy atom. The van der Waals surface area contributed by atoms with Crippen LogP contribution in [0.3, 0.4) is 0 Å². The lowest BCUT2D eigenvalue weighted by atomic mass is 9.96. The van der Waals surface area contributed by atoms with Crippen molar-refractivity contribution in [3.05, 3.63) is 65.4 Å². The summed E-state index contributed by atoms with van der Waals surface area (Å²) < 4.78 is 5.79. The first-order valence-corrected chi connectivity index (χ1v) is 8.74. The van der Waals surface area contributed by atoms with Gasteiger partial charge >= 0.3 is 0 Å². The fourth-order valence-corrected chi connectivity index (χ4v) is 3.57. The number of hydrogen-bond donors (Lipinski definition) is 2. The van der Waals surface area contributed by atoms with Crippen LogP contribution in [0, 0.1) is 12.8 Å². The highest BCUT2D eigenvalue weighted by Gasteiger charge is 2.20. The topological polar surface area (TPSA) is 54.1 Å². The highest BCUT2D eigenvalue weighted by molar-refractivity contribution is 5.90. The van der Waals surface area contributed by atoms with E-state index in [4.69, 9.17) is 4.74 Å². The zero-order valence-electron chi connectivity index (χ0n) is 14.3. The number of benzene rings is 2. The van der Waals surface area contributed by atoms with Crippen molar-refractivity contribution >= 4 is 16.8 Å². The number of nitrogens with one attached hydrogen (secondary N) is 2. The fraction of sp³-hybridized carbons (Fsp3) is 0.286. The monoisotopic (exact) mass is 334 g/mol.